The van der Waals surface area contributed by atoms with E-state index >= 15 is 0 Å². The van der Waals surface area contributed by atoms with Crippen molar-refractivity contribution in [1.82, 2.24) is 10.1 Å². The number of aromatic nitrogens is 2. The molecular formula is C10H10ClN3O. The Labute approximate surface area is 92.0 Å². The number of hydrogen-bond acceptors (Lipinski definition) is 4. The molecule has 0 bridgehead atoms. The Hall–Kier alpha value is -1.39. The van der Waals surface area contributed by atoms with Crippen molar-refractivity contribution in [2.24, 2.45) is 5.73 Å². The average Bonchev–Trinajstić information content (AvgIpc) is 2.64. The molecule has 5 heteroatoms. The van der Waals surface area contributed by atoms with Crippen molar-refractivity contribution in [2.45, 2.75) is 13.0 Å². The minimum absolute atomic E-state index is 0.402. The van der Waals surface area contributed by atoms with Gasteiger partial charge in [0, 0.05) is 11.9 Å². The zero-order valence-electron chi connectivity index (χ0n) is 8.14. The molecule has 1 atom stereocenters. The lowest BCUT2D eigenvalue weighted by molar-refractivity contribution is 0.385. The van der Waals surface area contributed by atoms with Crippen LogP contribution in [0, 0.1) is 6.92 Å². The Balaban J connectivity index is 2.32. The smallest absolute Gasteiger partial charge is 0.223 e. The molecule has 1 unspecified atom stereocenters. The van der Waals surface area contributed by atoms with E-state index in [1.54, 1.807) is 19.1 Å². The van der Waals surface area contributed by atoms with E-state index in [4.69, 9.17) is 21.9 Å². The van der Waals surface area contributed by atoms with Gasteiger partial charge in [0.25, 0.3) is 0 Å². The summed E-state index contributed by atoms with van der Waals surface area (Å²) >= 11 is 5.86. The summed E-state index contributed by atoms with van der Waals surface area (Å²) in [4.78, 5) is 4.07. The molecule has 1 heterocycles. The Kier molecular flexibility index (Phi) is 2.70. The molecule has 2 rings (SSSR count). The van der Waals surface area contributed by atoms with Crippen molar-refractivity contribution >= 4 is 11.6 Å². The van der Waals surface area contributed by atoms with E-state index in [0.717, 1.165) is 5.56 Å². The van der Waals surface area contributed by atoms with Crippen LogP contribution in [-0.2, 0) is 0 Å². The molecule has 1 aromatic heterocycles. The van der Waals surface area contributed by atoms with Crippen molar-refractivity contribution in [2.75, 3.05) is 0 Å². The molecular weight excluding hydrogens is 214 g/mol. The first-order valence-corrected chi connectivity index (χ1v) is 4.86. The van der Waals surface area contributed by atoms with Gasteiger partial charge in [-0.15, -0.1) is 0 Å². The molecule has 2 aromatic rings. The summed E-state index contributed by atoms with van der Waals surface area (Å²) in [5, 5.41) is 4.41. The van der Waals surface area contributed by atoms with Gasteiger partial charge in [-0.1, -0.05) is 28.9 Å². The van der Waals surface area contributed by atoms with Crippen LogP contribution >= 0.6 is 11.6 Å². The largest absolute Gasteiger partial charge is 0.340 e. The maximum atomic E-state index is 5.95. The summed E-state index contributed by atoms with van der Waals surface area (Å²) in [6.07, 6.45) is 0. The first-order valence-electron chi connectivity index (χ1n) is 4.48. The van der Waals surface area contributed by atoms with Gasteiger partial charge in [0.2, 0.25) is 5.89 Å². The van der Waals surface area contributed by atoms with Gasteiger partial charge < -0.3 is 10.3 Å². The second-order valence-electron chi connectivity index (χ2n) is 3.20. The quantitative estimate of drug-likeness (QED) is 0.847. The fourth-order valence-corrected chi connectivity index (χ4v) is 1.49. The van der Waals surface area contributed by atoms with Crippen molar-refractivity contribution in [3.05, 3.63) is 46.6 Å². The van der Waals surface area contributed by atoms with Crippen molar-refractivity contribution in [3.8, 4) is 0 Å². The van der Waals surface area contributed by atoms with Crippen LogP contribution in [0.3, 0.4) is 0 Å². The highest BCUT2D eigenvalue weighted by Crippen LogP contribution is 2.20. The number of nitrogens with zero attached hydrogens (tertiary/aromatic N) is 2. The predicted molar refractivity (Wildman–Crippen MR) is 56.5 cm³/mol. The summed E-state index contributed by atoms with van der Waals surface area (Å²) in [7, 11) is 0. The number of halogens is 1. The maximum Gasteiger partial charge on any atom is 0.223 e. The highest BCUT2D eigenvalue weighted by atomic mass is 35.5. The Morgan fingerprint density at radius 3 is 2.87 bits per heavy atom. The van der Waals surface area contributed by atoms with Crippen LogP contribution in [0.2, 0.25) is 5.02 Å². The molecule has 1 aromatic carbocycles. The molecule has 4 nitrogen and oxygen atoms in total. The molecule has 0 aliphatic rings. The number of aryl methyl sites for hydroxylation is 1. The van der Waals surface area contributed by atoms with Gasteiger partial charge >= 0.3 is 0 Å². The third-order valence-corrected chi connectivity index (χ3v) is 2.26. The van der Waals surface area contributed by atoms with Crippen LogP contribution in [0.4, 0.5) is 0 Å². The topological polar surface area (TPSA) is 64.9 Å². The fraction of sp³-hybridized carbons (Fsp3) is 0.200. The van der Waals surface area contributed by atoms with Gasteiger partial charge in [-0.25, -0.2) is 0 Å². The van der Waals surface area contributed by atoms with Gasteiger partial charge in [-0.2, -0.15) is 4.98 Å². The van der Waals surface area contributed by atoms with Crippen LogP contribution in [-0.4, -0.2) is 10.1 Å². The molecule has 0 amide bonds. The van der Waals surface area contributed by atoms with Gasteiger partial charge in [0.05, 0.1) is 6.04 Å². The normalized spacial score (nSPS) is 12.7. The SMILES string of the molecule is Cc1nc(C(N)c2cccc(Cl)c2)no1. The van der Waals surface area contributed by atoms with Crippen LogP contribution in [0.15, 0.2) is 28.8 Å². The number of nitrogens with two attached hydrogens (primary N) is 1. The molecule has 0 aliphatic carbocycles. The highest BCUT2D eigenvalue weighted by molar-refractivity contribution is 6.30. The molecule has 15 heavy (non-hydrogen) atoms. The molecule has 0 fully saturated rings. The molecule has 2 N–H and O–H groups in total. The summed E-state index contributed by atoms with van der Waals surface area (Å²) in [6, 6.07) is 6.89. The third kappa shape index (κ3) is 2.16. The summed E-state index contributed by atoms with van der Waals surface area (Å²) in [6.45, 7) is 1.72. The molecule has 0 spiro atoms. The Bertz CT molecular complexity index is 469. The first kappa shape index (κ1) is 10.1. The van der Waals surface area contributed by atoms with Crippen LogP contribution in [0.25, 0.3) is 0 Å². The van der Waals surface area contributed by atoms with Crippen molar-refractivity contribution in [1.29, 1.82) is 0 Å². The fourth-order valence-electron chi connectivity index (χ4n) is 1.29. The summed E-state index contributed by atoms with van der Waals surface area (Å²) in [5.74, 6) is 0.970. The van der Waals surface area contributed by atoms with Crippen LogP contribution in [0.5, 0.6) is 0 Å². The van der Waals surface area contributed by atoms with Crippen LogP contribution < -0.4 is 5.73 Å². The summed E-state index contributed by atoms with van der Waals surface area (Å²) < 4.78 is 4.86. The molecule has 78 valence electrons. The van der Waals surface area contributed by atoms with E-state index in [9.17, 15) is 0 Å². The van der Waals surface area contributed by atoms with Crippen LogP contribution in [0.1, 0.15) is 23.3 Å². The highest BCUT2D eigenvalue weighted by Gasteiger charge is 2.14. The maximum absolute atomic E-state index is 5.95. The average molecular weight is 224 g/mol. The van der Waals surface area contributed by atoms with Gasteiger partial charge in [0.15, 0.2) is 5.82 Å². The first-order chi connectivity index (χ1) is 7.16. The lowest BCUT2D eigenvalue weighted by Crippen LogP contribution is -2.13. The Morgan fingerprint density at radius 2 is 2.27 bits per heavy atom. The van der Waals surface area contributed by atoms with Gasteiger partial charge in [0.1, 0.15) is 0 Å². The molecule has 0 radical (unpaired) electrons. The molecule has 0 saturated carbocycles. The van der Waals surface area contributed by atoms with E-state index in [2.05, 4.69) is 10.1 Å². The minimum atomic E-state index is -0.402. The second-order valence-corrected chi connectivity index (χ2v) is 3.64. The van der Waals surface area contributed by atoms with E-state index in [0.29, 0.717) is 16.7 Å². The number of hydrogen-bond donors (Lipinski definition) is 1. The third-order valence-electron chi connectivity index (χ3n) is 2.03. The van der Waals surface area contributed by atoms with E-state index in [-0.39, 0.29) is 0 Å². The Morgan fingerprint density at radius 1 is 1.47 bits per heavy atom. The van der Waals surface area contributed by atoms with Crippen molar-refractivity contribution < 1.29 is 4.52 Å². The lowest BCUT2D eigenvalue weighted by Gasteiger charge is -2.06. The zero-order valence-corrected chi connectivity index (χ0v) is 8.90. The number of rotatable bonds is 2. The van der Waals surface area contributed by atoms with E-state index < -0.39 is 6.04 Å². The van der Waals surface area contributed by atoms with Crippen molar-refractivity contribution in [3.63, 3.8) is 0 Å². The monoisotopic (exact) mass is 223 g/mol. The minimum Gasteiger partial charge on any atom is -0.340 e. The second kappa shape index (κ2) is 4.00. The van der Waals surface area contributed by atoms with Gasteiger partial charge in [-0.05, 0) is 17.7 Å². The summed E-state index contributed by atoms with van der Waals surface area (Å²) in [5.41, 5.74) is 6.82. The molecule has 0 aliphatic heterocycles. The lowest BCUT2D eigenvalue weighted by atomic mass is 10.1. The predicted octanol–water partition coefficient (Wildman–Crippen LogP) is 2.08. The van der Waals surface area contributed by atoms with E-state index in [1.807, 2.05) is 12.1 Å². The standard InChI is InChI=1S/C10H10ClN3O/c1-6-13-10(14-15-6)9(12)7-3-2-4-8(11)5-7/h2-5,9H,12H2,1H3. The molecule has 0 saturated heterocycles. The van der Waals surface area contributed by atoms with Gasteiger partial charge in [-0.3, -0.25) is 0 Å². The number of benzene rings is 1. The van der Waals surface area contributed by atoms with E-state index in [1.165, 1.54) is 0 Å². The zero-order chi connectivity index (χ0) is 10.8.